The Balaban J connectivity index is 2.66. The maximum absolute atomic E-state index is 6.05. The molecule has 1 aliphatic heterocycles. The zero-order valence-electron chi connectivity index (χ0n) is 12.7. The Morgan fingerprint density at radius 1 is 1.33 bits per heavy atom. The van der Waals surface area contributed by atoms with Crippen molar-refractivity contribution in [3.8, 4) is 0 Å². The van der Waals surface area contributed by atoms with Crippen LogP contribution in [-0.2, 0) is 4.74 Å². The van der Waals surface area contributed by atoms with E-state index in [1.54, 1.807) is 0 Å². The summed E-state index contributed by atoms with van der Waals surface area (Å²) >= 11 is 0. The van der Waals surface area contributed by atoms with Gasteiger partial charge < -0.3 is 10.5 Å². The first-order valence-corrected chi connectivity index (χ1v) is 7.75. The molecule has 2 N–H and O–H groups in total. The molecular formula is C15H32N2O. The fourth-order valence-electron chi connectivity index (χ4n) is 2.91. The van der Waals surface area contributed by atoms with Crippen molar-refractivity contribution in [3.05, 3.63) is 0 Å². The fraction of sp³-hybridized carbons (Fsp3) is 1.00. The number of hydrogen-bond donors (Lipinski definition) is 1. The molecule has 0 radical (unpaired) electrons. The molecule has 108 valence electrons. The van der Waals surface area contributed by atoms with Crippen LogP contribution in [0.5, 0.6) is 0 Å². The van der Waals surface area contributed by atoms with E-state index < -0.39 is 0 Å². The molecule has 0 aliphatic carbocycles. The quantitative estimate of drug-likeness (QED) is 0.726. The summed E-state index contributed by atoms with van der Waals surface area (Å²) in [4.78, 5) is 2.59. The Hall–Kier alpha value is -0.120. The average Bonchev–Trinajstić information content (AvgIpc) is 2.80. The van der Waals surface area contributed by atoms with Crippen LogP contribution in [0.25, 0.3) is 0 Å². The van der Waals surface area contributed by atoms with Gasteiger partial charge in [-0.15, -0.1) is 0 Å². The van der Waals surface area contributed by atoms with Gasteiger partial charge in [0.25, 0.3) is 0 Å². The SMILES string of the molecule is CCCCN(C(C)CC)C(CN)C1CCC(C)O1. The summed E-state index contributed by atoms with van der Waals surface area (Å²) in [5.74, 6) is 0. The van der Waals surface area contributed by atoms with Crippen LogP contribution < -0.4 is 5.73 Å². The normalized spacial score (nSPS) is 27.7. The molecule has 18 heavy (non-hydrogen) atoms. The minimum Gasteiger partial charge on any atom is -0.374 e. The Bertz CT molecular complexity index is 223. The second-order valence-corrected chi connectivity index (χ2v) is 5.71. The smallest absolute Gasteiger partial charge is 0.0747 e. The molecule has 1 rings (SSSR count). The largest absolute Gasteiger partial charge is 0.374 e. The van der Waals surface area contributed by atoms with E-state index in [1.807, 2.05) is 0 Å². The molecule has 1 heterocycles. The Morgan fingerprint density at radius 2 is 2.06 bits per heavy atom. The van der Waals surface area contributed by atoms with Gasteiger partial charge in [-0.05, 0) is 46.1 Å². The Kier molecular flexibility index (Phi) is 7.20. The van der Waals surface area contributed by atoms with Crippen LogP contribution in [0.4, 0.5) is 0 Å². The van der Waals surface area contributed by atoms with Gasteiger partial charge in [0.15, 0.2) is 0 Å². The van der Waals surface area contributed by atoms with Crippen molar-refractivity contribution in [2.75, 3.05) is 13.1 Å². The van der Waals surface area contributed by atoms with Gasteiger partial charge in [0.1, 0.15) is 0 Å². The molecule has 0 aromatic rings. The number of unbranched alkanes of at least 4 members (excludes halogenated alkanes) is 1. The molecule has 3 nitrogen and oxygen atoms in total. The number of rotatable bonds is 8. The van der Waals surface area contributed by atoms with E-state index in [2.05, 4.69) is 32.6 Å². The van der Waals surface area contributed by atoms with Crippen molar-refractivity contribution >= 4 is 0 Å². The molecule has 4 atom stereocenters. The van der Waals surface area contributed by atoms with E-state index in [1.165, 1.54) is 32.1 Å². The second kappa shape index (κ2) is 8.13. The first kappa shape index (κ1) is 15.9. The number of nitrogens with zero attached hydrogens (tertiary/aromatic N) is 1. The maximum atomic E-state index is 6.05. The van der Waals surface area contributed by atoms with Crippen molar-refractivity contribution in [1.29, 1.82) is 0 Å². The summed E-state index contributed by atoms with van der Waals surface area (Å²) in [7, 11) is 0. The van der Waals surface area contributed by atoms with Gasteiger partial charge in [0.2, 0.25) is 0 Å². The lowest BCUT2D eigenvalue weighted by atomic mass is 10.0. The molecule has 0 amide bonds. The highest BCUT2D eigenvalue weighted by Gasteiger charge is 2.33. The highest BCUT2D eigenvalue weighted by atomic mass is 16.5. The van der Waals surface area contributed by atoms with Crippen LogP contribution in [0.2, 0.25) is 0 Å². The minimum absolute atomic E-state index is 0.343. The maximum Gasteiger partial charge on any atom is 0.0747 e. The van der Waals surface area contributed by atoms with E-state index in [9.17, 15) is 0 Å². The highest BCUT2D eigenvalue weighted by Crippen LogP contribution is 2.26. The molecule has 4 unspecified atom stereocenters. The number of ether oxygens (including phenoxy) is 1. The summed E-state index contributed by atoms with van der Waals surface area (Å²) in [6.07, 6.45) is 6.79. The average molecular weight is 256 g/mol. The Labute approximate surface area is 113 Å². The highest BCUT2D eigenvalue weighted by molar-refractivity contribution is 4.87. The first-order chi connectivity index (χ1) is 8.63. The summed E-state index contributed by atoms with van der Waals surface area (Å²) in [5, 5.41) is 0. The molecule has 1 fully saturated rings. The fourth-order valence-corrected chi connectivity index (χ4v) is 2.91. The van der Waals surface area contributed by atoms with Gasteiger partial charge in [-0.3, -0.25) is 4.90 Å². The van der Waals surface area contributed by atoms with Crippen LogP contribution in [0, 0.1) is 0 Å². The van der Waals surface area contributed by atoms with E-state index in [4.69, 9.17) is 10.5 Å². The van der Waals surface area contributed by atoms with Crippen molar-refractivity contribution in [2.24, 2.45) is 5.73 Å². The van der Waals surface area contributed by atoms with E-state index in [0.29, 0.717) is 30.8 Å². The predicted molar refractivity (Wildman–Crippen MR) is 77.8 cm³/mol. The zero-order valence-corrected chi connectivity index (χ0v) is 12.7. The van der Waals surface area contributed by atoms with Crippen molar-refractivity contribution in [2.45, 2.75) is 84.1 Å². The number of hydrogen-bond acceptors (Lipinski definition) is 3. The van der Waals surface area contributed by atoms with E-state index in [-0.39, 0.29) is 0 Å². The second-order valence-electron chi connectivity index (χ2n) is 5.71. The lowest BCUT2D eigenvalue weighted by molar-refractivity contribution is -0.0166. The third kappa shape index (κ3) is 4.22. The van der Waals surface area contributed by atoms with Crippen LogP contribution >= 0.6 is 0 Å². The van der Waals surface area contributed by atoms with E-state index in [0.717, 1.165) is 6.54 Å². The summed E-state index contributed by atoms with van der Waals surface area (Å²) in [6, 6.07) is 1.00. The van der Waals surface area contributed by atoms with Gasteiger partial charge in [-0.2, -0.15) is 0 Å². The minimum atomic E-state index is 0.343. The van der Waals surface area contributed by atoms with Gasteiger partial charge in [0.05, 0.1) is 12.2 Å². The molecule has 0 aromatic carbocycles. The van der Waals surface area contributed by atoms with Crippen LogP contribution in [0.1, 0.15) is 59.8 Å². The van der Waals surface area contributed by atoms with Crippen LogP contribution in [0.3, 0.4) is 0 Å². The summed E-state index contributed by atoms with van der Waals surface area (Å²) in [6.45, 7) is 10.9. The Morgan fingerprint density at radius 3 is 2.50 bits per heavy atom. The lowest BCUT2D eigenvalue weighted by Crippen LogP contribution is -2.52. The lowest BCUT2D eigenvalue weighted by Gasteiger charge is -2.38. The van der Waals surface area contributed by atoms with Crippen molar-refractivity contribution < 1.29 is 4.74 Å². The standard InChI is InChI=1S/C15H32N2O/c1-5-7-10-17(12(3)6-2)14(11-16)15-9-8-13(4)18-15/h12-15H,5-11,16H2,1-4H3. The van der Waals surface area contributed by atoms with Crippen LogP contribution in [0.15, 0.2) is 0 Å². The predicted octanol–water partition coefficient (Wildman–Crippen LogP) is 2.78. The van der Waals surface area contributed by atoms with Gasteiger partial charge in [-0.25, -0.2) is 0 Å². The summed E-state index contributed by atoms with van der Waals surface area (Å²) in [5.41, 5.74) is 6.04. The topological polar surface area (TPSA) is 38.5 Å². The van der Waals surface area contributed by atoms with Gasteiger partial charge >= 0.3 is 0 Å². The summed E-state index contributed by atoms with van der Waals surface area (Å²) < 4.78 is 6.05. The first-order valence-electron chi connectivity index (χ1n) is 7.75. The molecule has 1 saturated heterocycles. The van der Waals surface area contributed by atoms with Gasteiger partial charge in [0, 0.05) is 18.6 Å². The van der Waals surface area contributed by atoms with Gasteiger partial charge in [-0.1, -0.05) is 20.3 Å². The zero-order chi connectivity index (χ0) is 13.5. The third-order valence-corrected chi connectivity index (χ3v) is 4.29. The molecule has 0 saturated carbocycles. The number of nitrogens with two attached hydrogens (primary N) is 1. The van der Waals surface area contributed by atoms with Crippen molar-refractivity contribution in [3.63, 3.8) is 0 Å². The third-order valence-electron chi connectivity index (χ3n) is 4.29. The van der Waals surface area contributed by atoms with Crippen LogP contribution in [-0.4, -0.2) is 42.3 Å². The monoisotopic (exact) mass is 256 g/mol. The van der Waals surface area contributed by atoms with E-state index >= 15 is 0 Å². The molecule has 0 spiro atoms. The molecule has 3 heteroatoms. The molecule has 1 aliphatic rings. The van der Waals surface area contributed by atoms with Crippen molar-refractivity contribution in [1.82, 2.24) is 4.90 Å². The molecule has 0 bridgehead atoms. The molecule has 0 aromatic heterocycles. The molecular weight excluding hydrogens is 224 g/mol.